The highest BCUT2D eigenvalue weighted by molar-refractivity contribution is 7.99. The van der Waals surface area contributed by atoms with Crippen LogP contribution in [0, 0.1) is 0 Å². The highest BCUT2D eigenvalue weighted by Gasteiger charge is 2.40. The maximum atomic E-state index is 6.01. The molecule has 0 bridgehead atoms. The fraction of sp³-hybridized carbons (Fsp3) is 0.952. The van der Waals surface area contributed by atoms with Crippen LogP contribution < -0.4 is 5.32 Å². The molecule has 3 rings (SSSR count). The van der Waals surface area contributed by atoms with Crippen LogP contribution in [-0.4, -0.2) is 99.0 Å². The predicted octanol–water partition coefficient (Wildman–Crippen LogP) is 2.44. The summed E-state index contributed by atoms with van der Waals surface area (Å²) >= 11 is 2.10. The number of rotatable bonds is 8. The Labute approximate surface area is 175 Å². The lowest BCUT2D eigenvalue weighted by molar-refractivity contribution is 0.00971. The van der Waals surface area contributed by atoms with Gasteiger partial charge in [-0.2, -0.15) is 11.8 Å². The average Bonchev–Trinajstić information content (AvgIpc) is 3.23. The van der Waals surface area contributed by atoms with Crippen LogP contribution in [0.15, 0.2) is 4.99 Å². The van der Waals surface area contributed by atoms with Gasteiger partial charge in [-0.3, -0.25) is 9.89 Å². The number of aliphatic imine (C=N–C) groups is 1. The number of nitrogens with one attached hydrogen (secondary N) is 1. The minimum Gasteiger partial charge on any atom is -0.385 e. The van der Waals surface area contributed by atoms with E-state index in [0.29, 0.717) is 11.6 Å². The Morgan fingerprint density at radius 3 is 2.46 bits per heavy atom. The molecule has 1 aliphatic carbocycles. The van der Waals surface area contributed by atoms with Gasteiger partial charge in [0.25, 0.3) is 0 Å². The highest BCUT2D eigenvalue weighted by Crippen LogP contribution is 2.36. The van der Waals surface area contributed by atoms with E-state index in [1.165, 1.54) is 50.3 Å². The summed E-state index contributed by atoms with van der Waals surface area (Å²) in [7, 11) is 3.67. The van der Waals surface area contributed by atoms with Gasteiger partial charge in [0.1, 0.15) is 0 Å². The Bertz CT molecular complexity index is 471. The number of piperidine rings is 1. The molecule has 0 radical (unpaired) electrons. The van der Waals surface area contributed by atoms with E-state index in [1.807, 2.05) is 7.05 Å². The summed E-state index contributed by atoms with van der Waals surface area (Å²) in [6.45, 7) is 7.18. The second-order valence-electron chi connectivity index (χ2n) is 8.34. The number of hydrogen-bond donors (Lipinski definition) is 1. The van der Waals surface area contributed by atoms with Crippen LogP contribution in [0.4, 0.5) is 0 Å². The molecule has 1 N–H and O–H groups in total. The third-order valence-electron chi connectivity index (χ3n) is 6.59. The van der Waals surface area contributed by atoms with E-state index in [2.05, 4.69) is 31.9 Å². The molecule has 0 unspecified atom stereocenters. The van der Waals surface area contributed by atoms with Gasteiger partial charge in [-0.1, -0.05) is 12.8 Å². The van der Waals surface area contributed by atoms with Crippen LogP contribution in [0.2, 0.25) is 0 Å². The summed E-state index contributed by atoms with van der Waals surface area (Å²) in [6, 6.07) is 0. The van der Waals surface area contributed by atoms with Crippen molar-refractivity contribution in [1.29, 1.82) is 0 Å². The normalized spacial score (nSPS) is 24.6. The summed E-state index contributed by atoms with van der Waals surface area (Å²) in [5.74, 6) is 3.65. The SMILES string of the molecule is CN=C(NCC1(N2CCSCC2)CCCC1)N1CCC(OCCCOC)CC1. The minimum absolute atomic E-state index is 0.347. The summed E-state index contributed by atoms with van der Waals surface area (Å²) in [6.07, 6.45) is 8.95. The monoisotopic (exact) mass is 412 g/mol. The molecule has 2 saturated heterocycles. The van der Waals surface area contributed by atoms with E-state index in [9.17, 15) is 0 Å². The van der Waals surface area contributed by atoms with E-state index in [0.717, 1.165) is 58.1 Å². The first-order chi connectivity index (χ1) is 13.8. The Hall–Kier alpha value is -0.500. The van der Waals surface area contributed by atoms with Crippen LogP contribution in [0.5, 0.6) is 0 Å². The summed E-state index contributed by atoms with van der Waals surface area (Å²) in [4.78, 5) is 9.81. The van der Waals surface area contributed by atoms with Gasteiger partial charge in [-0.05, 0) is 32.1 Å². The van der Waals surface area contributed by atoms with Gasteiger partial charge in [0.15, 0.2) is 5.96 Å². The maximum absolute atomic E-state index is 6.01. The van der Waals surface area contributed by atoms with Gasteiger partial charge in [-0.15, -0.1) is 0 Å². The van der Waals surface area contributed by atoms with Crippen molar-refractivity contribution >= 4 is 17.7 Å². The van der Waals surface area contributed by atoms with Crippen molar-refractivity contribution in [2.24, 2.45) is 4.99 Å². The topological polar surface area (TPSA) is 49.3 Å². The predicted molar refractivity (Wildman–Crippen MR) is 118 cm³/mol. The third-order valence-corrected chi connectivity index (χ3v) is 7.53. The van der Waals surface area contributed by atoms with Crippen LogP contribution in [0.25, 0.3) is 0 Å². The molecule has 3 aliphatic rings. The zero-order valence-electron chi connectivity index (χ0n) is 18.0. The van der Waals surface area contributed by atoms with E-state index >= 15 is 0 Å². The van der Waals surface area contributed by atoms with Crippen LogP contribution >= 0.6 is 11.8 Å². The third kappa shape index (κ3) is 6.00. The molecule has 162 valence electrons. The number of likely N-dealkylation sites (tertiary alicyclic amines) is 1. The van der Waals surface area contributed by atoms with Crippen molar-refractivity contribution in [3.8, 4) is 0 Å². The number of guanidine groups is 1. The molecule has 3 fully saturated rings. The van der Waals surface area contributed by atoms with Gasteiger partial charge in [0.05, 0.1) is 6.10 Å². The molecule has 6 nitrogen and oxygen atoms in total. The quantitative estimate of drug-likeness (QED) is 0.375. The summed E-state index contributed by atoms with van der Waals surface area (Å²) in [5.41, 5.74) is 0.347. The van der Waals surface area contributed by atoms with Crippen molar-refractivity contribution in [3.63, 3.8) is 0 Å². The largest absolute Gasteiger partial charge is 0.385 e. The van der Waals surface area contributed by atoms with Crippen LogP contribution in [0.3, 0.4) is 0 Å². The van der Waals surface area contributed by atoms with Crippen molar-refractivity contribution < 1.29 is 9.47 Å². The molecule has 0 atom stereocenters. The van der Waals surface area contributed by atoms with Crippen molar-refractivity contribution in [1.82, 2.24) is 15.1 Å². The first-order valence-corrected chi connectivity index (χ1v) is 12.3. The smallest absolute Gasteiger partial charge is 0.193 e. The second-order valence-corrected chi connectivity index (χ2v) is 9.56. The van der Waals surface area contributed by atoms with Gasteiger partial charge in [0, 0.05) is 77.1 Å². The Balaban J connectivity index is 1.45. The second kappa shape index (κ2) is 11.6. The number of hydrogen-bond acceptors (Lipinski definition) is 5. The first-order valence-electron chi connectivity index (χ1n) is 11.2. The van der Waals surface area contributed by atoms with Crippen molar-refractivity contribution in [2.45, 2.75) is 56.6 Å². The molecule has 0 spiro atoms. The van der Waals surface area contributed by atoms with E-state index < -0.39 is 0 Å². The van der Waals surface area contributed by atoms with Gasteiger partial charge in [-0.25, -0.2) is 0 Å². The molecular formula is C21H40N4O2S. The van der Waals surface area contributed by atoms with Gasteiger partial charge < -0.3 is 19.7 Å². The molecule has 0 aromatic rings. The summed E-state index contributed by atoms with van der Waals surface area (Å²) in [5, 5.41) is 3.76. The van der Waals surface area contributed by atoms with E-state index in [1.54, 1.807) is 7.11 Å². The van der Waals surface area contributed by atoms with Crippen molar-refractivity contribution in [2.75, 3.05) is 71.6 Å². The highest BCUT2D eigenvalue weighted by atomic mass is 32.2. The maximum Gasteiger partial charge on any atom is 0.193 e. The fourth-order valence-electron chi connectivity index (χ4n) is 4.94. The molecular weight excluding hydrogens is 372 g/mol. The number of thioether (sulfide) groups is 1. The Kier molecular flexibility index (Phi) is 9.21. The van der Waals surface area contributed by atoms with Crippen molar-refractivity contribution in [3.05, 3.63) is 0 Å². The lowest BCUT2D eigenvalue weighted by atomic mass is 9.94. The molecule has 2 aliphatic heterocycles. The van der Waals surface area contributed by atoms with Crippen LogP contribution in [0.1, 0.15) is 44.9 Å². The standard InChI is InChI=1S/C21H40N4O2S/c1-22-20(24-10-6-19(7-11-24)27-15-5-14-26-2)23-18-21(8-3-4-9-21)25-12-16-28-17-13-25/h19H,3-18H2,1-2H3,(H,22,23). The molecule has 0 aromatic heterocycles. The fourth-order valence-corrected chi connectivity index (χ4v) is 5.84. The molecule has 0 amide bonds. The average molecular weight is 413 g/mol. The zero-order chi connectivity index (χ0) is 19.7. The first kappa shape index (κ1) is 22.2. The van der Waals surface area contributed by atoms with Gasteiger partial charge in [0.2, 0.25) is 0 Å². The summed E-state index contributed by atoms with van der Waals surface area (Å²) < 4.78 is 11.1. The lowest BCUT2D eigenvalue weighted by Crippen LogP contribution is -2.58. The number of ether oxygens (including phenoxy) is 2. The Morgan fingerprint density at radius 2 is 1.82 bits per heavy atom. The molecule has 2 heterocycles. The van der Waals surface area contributed by atoms with E-state index in [4.69, 9.17) is 9.47 Å². The lowest BCUT2D eigenvalue weighted by Gasteiger charge is -2.44. The minimum atomic E-state index is 0.347. The molecule has 7 heteroatoms. The molecule has 28 heavy (non-hydrogen) atoms. The zero-order valence-corrected chi connectivity index (χ0v) is 18.8. The Morgan fingerprint density at radius 1 is 1.11 bits per heavy atom. The number of methoxy groups -OCH3 is 1. The van der Waals surface area contributed by atoms with E-state index in [-0.39, 0.29) is 0 Å². The van der Waals surface area contributed by atoms with Gasteiger partial charge >= 0.3 is 0 Å². The molecule has 1 saturated carbocycles. The molecule has 0 aromatic carbocycles. The van der Waals surface area contributed by atoms with Crippen LogP contribution in [-0.2, 0) is 9.47 Å². The number of nitrogens with zero attached hydrogens (tertiary/aromatic N) is 3.